The summed E-state index contributed by atoms with van der Waals surface area (Å²) in [4.78, 5) is 13.3. The van der Waals surface area contributed by atoms with Crippen LogP contribution < -0.4 is 10.6 Å². The van der Waals surface area contributed by atoms with Crippen molar-refractivity contribution in [2.45, 2.75) is 0 Å². The Morgan fingerprint density at radius 2 is 1.92 bits per heavy atom. The second-order valence-corrected chi connectivity index (χ2v) is 7.58. The standard InChI is InChI=1S/C17H13ClN2O2S3/c1-22-16(21)14-12(13-3-2-8-24-13)9-25-15(14)20-17(23)19-11-6-4-10(18)5-7-11/h2-9H,1H3,(H2,19,20,23). The van der Waals surface area contributed by atoms with Crippen molar-refractivity contribution in [1.82, 2.24) is 0 Å². The van der Waals surface area contributed by atoms with E-state index in [1.54, 1.807) is 23.5 Å². The number of esters is 1. The zero-order chi connectivity index (χ0) is 17.8. The predicted octanol–water partition coefficient (Wildman–Crippen LogP) is 5.73. The summed E-state index contributed by atoms with van der Waals surface area (Å²) in [7, 11) is 1.37. The van der Waals surface area contributed by atoms with E-state index in [0.29, 0.717) is 20.7 Å². The van der Waals surface area contributed by atoms with Gasteiger partial charge in [-0.25, -0.2) is 4.79 Å². The molecule has 25 heavy (non-hydrogen) atoms. The van der Waals surface area contributed by atoms with E-state index in [4.69, 9.17) is 28.6 Å². The van der Waals surface area contributed by atoms with Crippen molar-refractivity contribution in [1.29, 1.82) is 0 Å². The number of thiophene rings is 2. The number of carbonyl (C=O) groups excluding carboxylic acids is 1. The number of rotatable bonds is 4. The van der Waals surface area contributed by atoms with E-state index >= 15 is 0 Å². The quantitative estimate of drug-likeness (QED) is 0.426. The fourth-order valence-corrected chi connectivity index (χ4v) is 4.35. The van der Waals surface area contributed by atoms with Gasteiger partial charge in [0, 0.05) is 26.5 Å². The summed E-state index contributed by atoms with van der Waals surface area (Å²) >= 11 is 14.2. The molecule has 0 aliphatic carbocycles. The lowest BCUT2D eigenvalue weighted by Crippen LogP contribution is -2.20. The molecule has 0 atom stereocenters. The zero-order valence-corrected chi connectivity index (χ0v) is 16.2. The van der Waals surface area contributed by atoms with Crippen molar-refractivity contribution in [3.05, 3.63) is 57.7 Å². The lowest BCUT2D eigenvalue weighted by atomic mass is 10.1. The van der Waals surface area contributed by atoms with Crippen LogP contribution in [0.25, 0.3) is 10.4 Å². The molecule has 2 N–H and O–H groups in total. The van der Waals surface area contributed by atoms with Gasteiger partial charge in [-0.2, -0.15) is 0 Å². The highest BCUT2D eigenvalue weighted by Crippen LogP contribution is 2.38. The minimum Gasteiger partial charge on any atom is -0.465 e. The Labute approximate surface area is 163 Å². The number of hydrogen-bond donors (Lipinski definition) is 2. The highest BCUT2D eigenvalue weighted by molar-refractivity contribution is 7.80. The number of hydrogen-bond acceptors (Lipinski definition) is 5. The number of nitrogens with one attached hydrogen (secondary N) is 2. The van der Waals surface area contributed by atoms with Crippen LogP contribution in [-0.4, -0.2) is 18.2 Å². The number of methoxy groups -OCH3 is 1. The molecule has 0 saturated carbocycles. The van der Waals surface area contributed by atoms with Gasteiger partial charge in [-0.1, -0.05) is 17.7 Å². The lowest BCUT2D eigenvalue weighted by Gasteiger charge is -2.11. The molecule has 0 saturated heterocycles. The molecule has 4 nitrogen and oxygen atoms in total. The molecular weight excluding hydrogens is 396 g/mol. The first-order chi connectivity index (χ1) is 12.1. The first kappa shape index (κ1) is 17.9. The van der Waals surface area contributed by atoms with Gasteiger partial charge >= 0.3 is 5.97 Å². The van der Waals surface area contributed by atoms with E-state index in [-0.39, 0.29) is 0 Å². The molecule has 0 aliphatic heterocycles. The van der Waals surface area contributed by atoms with Gasteiger partial charge in [0.2, 0.25) is 0 Å². The van der Waals surface area contributed by atoms with E-state index in [9.17, 15) is 4.79 Å². The van der Waals surface area contributed by atoms with Gasteiger partial charge in [0.15, 0.2) is 5.11 Å². The molecule has 3 rings (SSSR count). The molecule has 0 bridgehead atoms. The molecule has 0 radical (unpaired) electrons. The maximum atomic E-state index is 12.3. The van der Waals surface area contributed by atoms with Crippen LogP contribution in [0.15, 0.2) is 47.2 Å². The molecule has 2 heterocycles. The maximum absolute atomic E-state index is 12.3. The van der Waals surface area contributed by atoms with Crippen LogP contribution in [0.5, 0.6) is 0 Å². The van der Waals surface area contributed by atoms with Gasteiger partial charge in [0.25, 0.3) is 0 Å². The van der Waals surface area contributed by atoms with Crippen LogP contribution in [0.3, 0.4) is 0 Å². The minimum absolute atomic E-state index is 0.382. The van der Waals surface area contributed by atoms with Gasteiger partial charge in [-0.05, 0) is 47.9 Å². The Morgan fingerprint density at radius 3 is 2.56 bits per heavy atom. The van der Waals surface area contributed by atoms with Crippen molar-refractivity contribution in [2.24, 2.45) is 0 Å². The summed E-state index contributed by atoms with van der Waals surface area (Å²) in [6, 6.07) is 11.1. The summed E-state index contributed by atoms with van der Waals surface area (Å²) in [6.45, 7) is 0. The van der Waals surface area contributed by atoms with Crippen LogP contribution in [0.4, 0.5) is 10.7 Å². The molecule has 0 fully saturated rings. The Hall–Kier alpha value is -1.93. The molecule has 2 aromatic heterocycles. The van der Waals surface area contributed by atoms with E-state index in [1.807, 2.05) is 35.0 Å². The fraction of sp³-hybridized carbons (Fsp3) is 0.0588. The maximum Gasteiger partial charge on any atom is 0.341 e. The van der Waals surface area contributed by atoms with E-state index in [1.165, 1.54) is 18.4 Å². The molecule has 3 aromatic rings. The van der Waals surface area contributed by atoms with E-state index < -0.39 is 5.97 Å². The predicted molar refractivity (Wildman–Crippen MR) is 110 cm³/mol. The monoisotopic (exact) mass is 408 g/mol. The van der Waals surface area contributed by atoms with Crippen LogP contribution in [0.1, 0.15) is 10.4 Å². The number of thiocarbonyl (C=S) groups is 1. The fourth-order valence-electron chi connectivity index (χ4n) is 2.17. The Kier molecular flexibility index (Phi) is 5.70. The van der Waals surface area contributed by atoms with Crippen molar-refractivity contribution < 1.29 is 9.53 Å². The van der Waals surface area contributed by atoms with Gasteiger partial charge in [0.1, 0.15) is 10.6 Å². The largest absolute Gasteiger partial charge is 0.465 e. The first-order valence-electron chi connectivity index (χ1n) is 7.15. The summed E-state index contributed by atoms with van der Waals surface area (Å²) in [5.74, 6) is -0.401. The van der Waals surface area contributed by atoms with Gasteiger partial charge in [-0.15, -0.1) is 22.7 Å². The number of halogens is 1. The third-order valence-corrected chi connectivity index (χ3v) is 5.55. The lowest BCUT2D eigenvalue weighted by molar-refractivity contribution is 0.0603. The molecule has 128 valence electrons. The van der Waals surface area contributed by atoms with Crippen molar-refractivity contribution in [3.63, 3.8) is 0 Å². The smallest absolute Gasteiger partial charge is 0.341 e. The third-order valence-electron chi connectivity index (χ3n) is 3.30. The minimum atomic E-state index is -0.401. The van der Waals surface area contributed by atoms with Crippen LogP contribution >= 0.6 is 46.5 Å². The zero-order valence-electron chi connectivity index (χ0n) is 13.0. The molecule has 1 aromatic carbocycles. The number of anilines is 2. The summed E-state index contributed by atoms with van der Waals surface area (Å²) in [5.41, 5.74) is 2.12. The second-order valence-electron chi connectivity index (χ2n) is 4.91. The van der Waals surface area contributed by atoms with Crippen molar-refractivity contribution in [2.75, 3.05) is 17.7 Å². The molecule has 0 aliphatic rings. The Bertz CT molecular complexity index is 889. The average molecular weight is 409 g/mol. The number of ether oxygens (including phenoxy) is 1. The number of benzene rings is 1. The van der Waals surface area contributed by atoms with Crippen molar-refractivity contribution >= 4 is 68.3 Å². The van der Waals surface area contributed by atoms with Crippen LogP contribution in [-0.2, 0) is 4.74 Å². The second kappa shape index (κ2) is 7.97. The van der Waals surface area contributed by atoms with Crippen LogP contribution in [0.2, 0.25) is 5.02 Å². The normalized spacial score (nSPS) is 10.3. The third kappa shape index (κ3) is 4.19. The van der Waals surface area contributed by atoms with Gasteiger partial charge < -0.3 is 15.4 Å². The molecule has 0 unspecified atom stereocenters. The van der Waals surface area contributed by atoms with E-state index in [0.717, 1.165) is 16.1 Å². The van der Waals surface area contributed by atoms with Gasteiger partial charge in [0.05, 0.1) is 7.11 Å². The van der Waals surface area contributed by atoms with Gasteiger partial charge in [-0.3, -0.25) is 0 Å². The Morgan fingerprint density at radius 1 is 1.16 bits per heavy atom. The first-order valence-corrected chi connectivity index (χ1v) is 9.70. The molecular formula is C17H13ClN2O2S3. The molecule has 8 heteroatoms. The SMILES string of the molecule is COC(=O)c1c(-c2cccs2)csc1NC(=S)Nc1ccc(Cl)cc1. The number of carbonyl (C=O) groups is 1. The molecule has 0 spiro atoms. The van der Waals surface area contributed by atoms with Crippen molar-refractivity contribution in [3.8, 4) is 10.4 Å². The van der Waals surface area contributed by atoms with E-state index in [2.05, 4.69) is 10.6 Å². The summed E-state index contributed by atoms with van der Waals surface area (Å²) in [5, 5.41) is 11.7. The average Bonchev–Trinajstić information content (AvgIpc) is 3.25. The highest BCUT2D eigenvalue weighted by atomic mass is 35.5. The van der Waals surface area contributed by atoms with Crippen LogP contribution in [0, 0.1) is 0 Å². The topological polar surface area (TPSA) is 50.4 Å². The summed E-state index contributed by atoms with van der Waals surface area (Å²) in [6.07, 6.45) is 0. The Balaban J connectivity index is 1.83. The summed E-state index contributed by atoms with van der Waals surface area (Å²) < 4.78 is 4.94. The molecule has 0 amide bonds. The highest BCUT2D eigenvalue weighted by Gasteiger charge is 2.22.